The van der Waals surface area contributed by atoms with Gasteiger partial charge in [0.15, 0.2) is 6.61 Å². The number of carbonyl (C=O) groups excluding carboxylic acids is 2. The second-order valence-electron chi connectivity index (χ2n) is 8.18. The first-order chi connectivity index (χ1) is 17.8. The molecule has 1 heterocycles. The molecule has 0 amide bonds. The zero-order chi connectivity index (χ0) is 26.5. The molecule has 0 bridgehead atoms. The van der Waals surface area contributed by atoms with Gasteiger partial charge in [0, 0.05) is 12.6 Å². The van der Waals surface area contributed by atoms with Gasteiger partial charge in [-0.3, -0.25) is 18.7 Å². The number of nitrogen functional groups attached to an aromatic ring is 1. The lowest BCUT2D eigenvalue weighted by atomic mass is 9.96. The average molecular weight is 495 g/mol. The third-order valence-corrected chi connectivity index (χ3v) is 5.86. The van der Waals surface area contributed by atoms with Gasteiger partial charge < -0.3 is 10.5 Å². The lowest BCUT2D eigenvalue weighted by molar-refractivity contribution is 0.0475. The van der Waals surface area contributed by atoms with Crippen molar-refractivity contribution in [3.63, 3.8) is 0 Å². The van der Waals surface area contributed by atoms with E-state index in [0.717, 1.165) is 14.7 Å². The van der Waals surface area contributed by atoms with Crippen molar-refractivity contribution in [1.82, 2.24) is 9.13 Å². The van der Waals surface area contributed by atoms with E-state index in [4.69, 9.17) is 10.5 Å². The Bertz CT molecular complexity index is 1660. The first kappa shape index (κ1) is 24.9. The Balaban J connectivity index is 1.62. The van der Waals surface area contributed by atoms with Crippen LogP contribution in [0.1, 0.15) is 31.8 Å². The van der Waals surface area contributed by atoms with Gasteiger partial charge in [0.25, 0.3) is 5.56 Å². The third kappa shape index (κ3) is 4.94. The maximum atomic E-state index is 13.0. The van der Waals surface area contributed by atoms with E-state index in [1.54, 1.807) is 66.7 Å². The number of Topliss-reactive ketones (excluding diaryl/α,β-unsaturated/α-hetero) is 1. The Kier molecular flexibility index (Phi) is 7.11. The molecule has 184 valence electrons. The van der Waals surface area contributed by atoms with Gasteiger partial charge in [-0.2, -0.15) is 5.26 Å². The third-order valence-electron chi connectivity index (χ3n) is 5.86. The molecule has 0 fully saturated rings. The Labute approximate surface area is 211 Å². The summed E-state index contributed by atoms with van der Waals surface area (Å²) in [5, 5.41) is 9.44. The number of aromatic nitrogens is 2. The number of benzene rings is 3. The molecule has 9 nitrogen and oxygen atoms in total. The summed E-state index contributed by atoms with van der Waals surface area (Å²) >= 11 is 0. The van der Waals surface area contributed by atoms with Crippen LogP contribution < -0.4 is 17.0 Å². The maximum absolute atomic E-state index is 13.0. The van der Waals surface area contributed by atoms with Gasteiger partial charge in [-0.25, -0.2) is 9.59 Å². The second-order valence-corrected chi connectivity index (χ2v) is 8.18. The number of nitrogens with two attached hydrogens (primary N) is 1. The number of ether oxygens (including phenoxy) is 1. The minimum atomic E-state index is -0.879. The largest absolute Gasteiger partial charge is 0.454 e. The number of hydrogen-bond acceptors (Lipinski definition) is 7. The average Bonchev–Trinajstić information content (AvgIpc) is 2.93. The van der Waals surface area contributed by atoms with Crippen LogP contribution in [0.3, 0.4) is 0 Å². The van der Waals surface area contributed by atoms with Crippen LogP contribution in [-0.4, -0.2) is 27.5 Å². The van der Waals surface area contributed by atoms with Gasteiger partial charge in [0.1, 0.15) is 11.4 Å². The number of anilines is 1. The summed E-state index contributed by atoms with van der Waals surface area (Å²) < 4.78 is 7.17. The highest BCUT2D eigenvalue weighted by Gasteiger charge is 2.24. The van der Waals surface area contributed by atoms with E-state index >= 15 is 0 Å². The normalized spacial score (nSPS) is 10.5. The van der Waals surface area contributed by atoms with Crippen LogP contribution in [0.25, 0.3) is 11.1 Å². The number of esters is 1. The number of ketones is 1. The van der Waals surface area contributed by atoms with Gasteiger partial charge >= 0.3 is 11.7 Å². The minimum absolute atomic E-state index is 0.0470. The molecule has 2 N–H and O–H groups in total. The highest BCUT2D eigenvalue weighted by atomic mass is 16.5. The lowest BCUT2D eigenvalue weighted by Gasteiger charge is -2.15. The van der Waals surface area contributed by atoms with Crippen molar-refractivity contribution >= 4 is 17.6 Å². The molecule has 1 aromatic heterocycles. The molecule has 9 heteroatoms. The van der Waals surface area contributed by atoms with Gasteiger partial charge in [0.2, 0.25) is 5.78 Å². The molecule has 0 aliphatic rings. The van der Waals surface area contributed by atoms with Gasteiger partial charge in [-0.05, 0) is 23.3 Å². The summed E-state index contributed by atoms with van der Waals surface area (Å²) in [5.41, 5.74) is 6.38. The first-order valence-electron chi connectivity index (χ1n) is 11.3. The van der Waals surface area contributed by atoms with Crippen molar-refractivity contribution in [2.75, 3.05) is 12.3 Å². The van der Waals surface area contributed by atoms with Crippen LogP contribution in [0.15, 0.2) is 88.5 Å². The number of carbonyl (C=O) groups is 2. The van der Waals surface area contributed by atoms with E-state index in [-0.39, 0.29) is 17.9 Å². The molecule has 4 aromatic rings. The fourth-order valence-corrected chi connectivity index (χ4v) is 3.96. The molecule has 0 saturated heterocycles. The molecular formula is C28H22N4O5. The predicted octanol–water partition coefficient (Wildman–Crippen LogP) is 2.76. The minimum Gasteiger partial charge on any atom is -0.454 e. The van der Waals surface area contributed by atoms with Crippen LogP contribution >= 0.6 is 0 Å². The molecule has 0 atom stereocenters. The Hall–Kier alpha value is -5.23. The first-order valence-corrected chi connectivity index (χ1v) is 11.3. The van der Waals surface area contributed by atoms with E-state index in [2.05, 4.69) is 6.07 Å². The number of nitriles is 1. The fourth-order valence-electron chi connectivity index (χ4n) is 3.96. The van der Waals surface area contributed by atoms with Crippen molar-refractivity contribution < 1.29 is 14.3 Å². The topological polar surface area (TPSA) is 137 Å². The van der Waals surface area contributed by atoms with Crippen LogP contribution in [0, 0.1) is 11.3 Å². The quantitative estimate of drug-likeness (QED) is 0.308. The summed E-state index contributed by atoms with van der Waals surface area (Å²) in [6.45, 7) is -0.721. The molecule has 0 aliphatic heterocycles. The molecule has 0 spiro atoms. The zero-order valence-electron chi connectivity index (χ0n) is 19.9. The van der Waals surface area contributed by atoms with Gasteiger partial charge in [-0.15, -0.1) is 0 Å². The zero-order valence-corrected chi connectivity index (χ0v) is 19.9. The Morgan fingerprint density at radius 2 is 1.54 bits per heavy atom. The predicted molar refractivity (Wildman–Crippen MR) is 137 cm³/mol. The van der Waals surface area contributed by atoms with E-state index in [0.29, 0.717) is 16.7 Å². The molecular weight excluding hydrogens is 472 g/mol. The summed E-state index contributed by atoms with van der Waals surface area (Å²) in [7, 11) is 1.25. The molecule has 0 saturated carbocycles. The summed E-state index contributed by atoms with van der Waals surface area (Å²) in [6.07, 6.45) is 0. The van der Waals surface area contributed by atoms with E-state index in [1.165, 1.54) is 13.1 Å². The van der Waals surface area contributed by atoms with Gasteiger partial charge in [0.05, 0.1) is 23.7 Å². The van der Waals surface area contributed by atoms with Crippen LogP contribution in [-0.2, 0) is 18.3 Å². The van der Waals surface area contributed by atoms with Crippen molar-refractivity contribution in [2.45, 2.75) is 6.54 Å². The highest BCUT2D eigenvalue weighted by molar-refractivity contribution is 6.03. The molecule has 4 rings (SSSR count). The number of rotatable bonds is 7. The molecule has 0 radical (unpaired) electrons. The van der Waals surface area contributed by atoms with Gasteiger partial charge in [-0.1, -0.05) is 66.7 Å². The van der Waals surface area contributed by atoms with E-state index in [1.807, 2.05) is 6.07 Å². The maximum Gasteiger partial charge on any atom is 0.339 e. The summed E-state index contributed by atoms with van der Waals surface area (Å²) in [5.74, 6) is -1.96. The lowest BCUT2D eigenvalue weighted by Crippen LogP contribution is -2.43. The smallest absolute Gasteiger partial charge is 0.339 e. The Morgan fingerprint density at radius 3 is 2.24 bits per heavy atom. The SMILES string of the molecule is Cn1c(=O)c(C(=O)COC(=O)c2ccccc2-c2ccccc2C#N)c(N)n(Cc2ccccc2)c1=O. The van der Waals surface area contributed by atoms with Crippen LogP contribution in [0.5, 0.6) is 0 Å². The second kappa shape index (κ2) is 10.6. The molecule has 3 aromatic carbocycles. The van der Waals surface area contributed by atoms with Crippen molar-refractivity contribution in [2.24, 2.45) is 7.05 Å². The molecule has 37 heavy (non-hydrogen) atoms. The molecule has 0 unspecified atom stereocenters. The van der Waals surface area contributed by atoms with E-state index in [9.17, 15) is 24.4 Å². The fraction of sp³-hybridized carbons (Fsp3) is 0.107. The Morgan fingerprint density at radius 1 is 0.919 bits per heavy atom. The number of hydrogen-bond donors (Lipinski definition) is 1. The highest BCUT2D eigenvalue weighted by Crippen LogP contribution is 2.27. The van der Waals surface area contributed by atoms with Crippen LogP contribution in [0.4, 0.5) is 5.82 Å². The van der Waals surface area contributed by atoms with Crippen molar-refractivity contribution in [3.8, 4) is 17.2 Å². The van der Waals surface area contributed by atoms with E-state index < -0.39 is 35.2 Å². The van der Waals surface area contributed by atoms with Crippen molar-refractivity contribution in [3.05, 3.63) is 122 Å². The summed E-state index contributed by atoms with van der Waals surface area (Å²) in [6, 6.07) is 24.4. The monoisotopic (exact) mass is 494 g/mol. The standard InChI is InChI=1S/C28H22N4O5/c1-31-26(34)24(25(30)32(28(31)36)16-18-9-3-2-4-10-18)23(33)17-37-27(35)22-14-8-7-13-21(22)20-12-6-5-11-19(20)15-29/h2-14H,16-17,30H2,1H3. The van der Waals surface area contributed by atoms with Crippen molar-refractivity contribution in [1.29, 1.82) is 5.26 Å². The summed E-state index contributed by atoms with van der Waals surface area (Å²) in [4.78, 5) is 51.4. The molecule has 0 aliphatic carbocycles. The van der Waals surface area contributed by atoms with Crippen LogP contribution in [0.2, 0.25) is 0 Å². The number of nitrogens with zero attached hydrogens (tertiary/aromatic N) is 3.